The summed E-state index contributed by atoms with van der Waals surface area (Å²) in [4.78, 5) is 12.4. The van der Waals surface area contributed by atoms with Crippen molar-refractivity contribution in [2.75, 3.05) is 0 Å². The van der Waals surface area contributed by atoms with Crippen molar-refractivity contribution in [2.45, 2.75) is 32.2 Å². The number of hydrogen-bond acceptors (Lipinski definition) is 2. The minimum absolute atomic E-state index is 0.0000463. The summed E-state index contributed by atoms with van der Waals surface area (Å²) in [5.74, 6) is -0.162. The summed E-state index contributed by atoms with van der Waals surface area (Å²) in [5, 5.41) is 2.90. The second-order valence-corrected chi connectivity index (χ2v) is 4.74. The molecule has 2 atom stereocenters. The van der Waals surface area contributed by atoms with Gasteiger partial charge in [-0.3, -0.25) is 4.79 Å². The highest BCUT2D eigenvalue weighted by atomic mass is 32.1. The van der Waals surface area contributed by atoms with Crippen LogP contribution in [0.25, 0.3) is 0 Å². The molecule has 0 fully saturated rings. The molecule has 0 saturated heterocycles. The molecule has 0 aliphatic rings. The average Bonchev–Trinajstić information content (AvgIpc) is 2.28. The fourth-order valence-electron chi connectivity index (χ4n) is 1.61. The molecule has 92 valence electrons. The Balaban J connectivity index is 2.56. The minimum atomic E-state index is -0.162. The zero-order chi connectivity index (χ0) is 12.8. The zero-order valence-electron chi connectivity index (χ0n) is 10.1. The summed E-state index contributed by atoms with van der Waals surface area (Å²) in [5.41, 5.74) is 6.44. The summed E-state index contributed by atoms with van der Waals surface area (Å²) in [7, 11) is 0. The minimum Gasteiger partial charge on any atom is -0.393 e. The van der Waals surface area contributed by atoms with Crippen LogP contribution < -0.4 is 11.1 Å². The van der Waals surface area contributed by atoms with Gasteiger partial charge in [-0.15, -0.1) is 0 Å². The van der Waals surface area contributed by atoms with Gasteiger partial charge in [0.15, 0.2) is 0 Å². The molecule has 1 aromatic carbocycles. The first kappa shape index (κ1) is 13.6. The van der Waals surface area contributed by atoms with E-state index < -0.39 is 0 Å². The quantitative estimate of drug-likeness (QED) is 0.786. The van der Waals surface area contributed by atoms with Crippen LogP contribution in [0.1, 0.15) is 31.7 Å². The van der Waals surface area contributed by atoms with E-state index >= 15 is 0 Å². The fourth-order valence-corrected chi connectivity index (χ4v) is 1.86. The molecule has 0 aromatic heterocycles. The van der Waals surface area contributed by atoms with E-state index in [0.717, 1.165) is 5.56 Å². The lowest BCUT2D eigenvalue weighted by Crippen LogP contribution is -2.37. The standard InChI is InChI=1S/C13H18N2OS/c1-9(8-12(14)17)15-13(16)10(2)11-6-4-3-5-7-11/h3-7,9-10H,8H2,1-2H3,(H2,14,17)(H,15,16). The lowest BCUT2D eigenvalue weighted by Gasteiger charge is -2.17. The van der Waals surface area contributed by atoms with Crippen LogP contribution in [-0.2, 0) is 4.79 Å². The largest absolute Gasteiger partial charge is 0.393 e. The third kappa shape index (κ3) is 4.53. The van der Waals surface area contributed by atoms with Crippen LogP contribution in [0.5, 0.6) is 0 Å². The van der Waals surface area contributed by atoms with E-state index in [1.54, 1.807) is 0 Å². The molecule has 3 nitrogen and oxygen atoms in total. The number of nitrogens with one attached hydrogen (secondary N) is 1. The normalized spacial score (nSPS) is 13.8. The number of benzene rings is 1. The average molecular weight is 250 g/mol. The third-order valence-electron chi connectivity index (χ3n) is 2.59. The van der Waals surface area contributed by atoms with Crippen LogP contribution >= 0.6 is 12.2 Å². The molecule has 0 radical (unpaired) electrons. The van der Waals surface area contributed by atoms with Gasteiger partial charge in [-0.05, 0) is 19.4 Å². The Morgan fingerprint density at radius 3 is 2.47 bits per heavy atom. The van der Waals surface area contributed by atoms with Gasteiger partial charge >= 0.3 is 0 Å². The molecule has 1 rings (SSSR count). The van der Waals surface area contributed by atoms with E-state index in [4.69, 9.17) is 18.0 Å². The monoisotopic (exact) mass is 250 g/mol. The molecule has 1 aromatic rings. The van der Waals surface area contributed by atoms with Crippen molar-refractivity contribution >= 4 is 23.1 Å². The maximum absolute atomic E-state index is 11.9. The lowest BCUT2D eigenvalue weighted by atomic mass is 10.00. The van der Waals surface area contributed by atoms with E-state index in [2.05, 4.69) is 5.32 Å². The van der Waals surface area contributed by atoms with Gasteiger partial charge in [-0.25, -0.2) is 0 Å². The van der Waals surface area contributed by atoms with Gasteiger partial charge in [-0.2, -0.15) is 0 Å². The van der Waals surface area contributed by atoms with Crippen LogP contribution in [0.15, 0.2) is 30.3 Å². The second-order valence-electron chi connectivity index (χ2n) is 4.21. The first-order valence-electron chi connectivity index (χ1n) is 5.64. The molecule has 0 aliphatic carbocycles. The topological polar surface area (TPSA) is 55.1 Å². The summed E-state index contributed by atoms with van der Waals surface area (Å²) >= 11 is 4.81. The molecular weight excluding hydrogens is 232 g/mol. The van der Waals surface area contributed by atoms with Gasteiger partial charge in [0.25, 0.3) is 0 Å². The van der Waals surface area contributed by atoms with Crippen molar-refractivity contribution in [3.8, 4) is 0 Å². The summed E-state index contributed by atoms with van der Waals surface area (Å²) in [6.07, 6.45) is 0.530. The van der Waals surface area contributed by atoms with Gasteiger partial charge in [-0.1, -0.05) is 42.5 Å². The summed E-state index contributed by atoms with van der Waals surface area (Å²) in [6, 6.07) is 9.66. The van der Waals surface area contributed by atoms with Gasteiger partial charge in [0, 0.05) is 12.5 Å². The Kier molecular flexibility index (Phi) is 5.10. The van der Waals surface area contributed by atoms with E-state index in [0.29, 0.717) is 11.4 Å². The summed E-state index contributed by atoms with van der Waals surface area (Å²) < 4.78 is 0. The van der Waals surface area contributed by atoms with Crippen LogP contribution in [-0.4, -0.2) is 16.9 Å². The molecule has 3 N–H and O–H groups in total. The predicted molar refractivity (Wildman–Crippen MR) is 73.9 cm³/mol. The molecule has 4 heteroatoms. The highest BCUT2D eigenvalue weighted by molar-refractivity contribution is 7.80. The lowest BCUT2D eigenvalue weighted by molar-refractivity contribution is -0.122. The smallest absolute Gasteiger partial charge is 0.227 e. The Hall–Kier alpha value is -1.42. The Morgan fingerprint density at radius 2 is 1.94 bits per heavy atom. The van der Waals surface area contributed by atoms with E-state index in [-0.39, 0.29) is 17.9 Å². The first-order valence-corrected chi connectivity index (χ1v) is 6.05. The number of amides is 1. The van der Waals surface area contributed by atoms with Crippen LogP contribution in [0, 0.1) is 0 Å². The van der Waals surface area contributed by atoms with Crippen molar-refractivity contribution in [2.24, 2.45) is 5.73 Å². The SMILES string of the molecule is CC(CC(N)=S)NC(=O)C(C)c1ccccc1. The number of hydrogen-bond donors (Lipinski definition) is 2. The van der Waals surface area contributed by atoms with Crippen molar-refractivity contribution in [3.05, 3.63) is 35.9 Å². The Bertz CT molecular complexity index is 392. The molecule has 0 bridgehead atoms. The van der Waals surface area contributed by atoms with Crippen LogP contribution in [0.4, 0.5) is 0 Å². The molecule has 0 aliphatic heterocycles. The van der Waals surface area contributed by atoms with Crippen LogP contribution in [0.3, 0.4) is 0 Å². The number of thiocarbonyl (C=S) groups is 1. The zero-order valence-corrected chi connectivity index (χ0v) is 11.0. The highest BCUT2D eigenvalue weighted by Crippen LogP contribution is 2.14. The predicted octanol–water partition coefficient (Wildman–Crippen LogP) is 1.97. The number of carbonyl (C=O) groups is 1. The van der Waals surface area contributed by atoms with Gasteiger partial charge in [0.2, 0.25) is 5.91 Å². The molecule has 0 heterocycles. The van der Waals surface area contributed by atoms with Gasteiger partial charge in [0.05, 0.1) is 10.9 Å². The maximum atomic E-state index is 11.9. The van der Waals surface area contributed by atoms with Crippen molar-refractivity contribution in [3.63, 3.8) is 0 Å². The van der Waals surface area contributed by atoms with Crippen molar-refractivity contribution < 1.29 is 4.79 Å². The van der Waals surface area contributed by atoms with Crippen molar-refractivity contribution in [1.82, 2.24) is 5.32 Å². The summed E-state index contributed by atoms with van der Waals surface area (Å²) in [6.45, 7) is 3.78. The van der Waals surface area contributed by atoms with Gasteiger partial charge < -0.3 is 11.1 Å². The maximum Gasteiger partial charge on any atom is 0.227 e. The number of rotatable bonds is 5. The molecule has 2 unspecified atom stereocenters. The second kappa shape index (κ2) is 6.35. The third-order valence-corrected chi connectivity index (χ3v) is 2.76. The molecular formula is C13H18N2OS. The van der Waals surface area contributed by atoms with E-state index in [9.17, 15) is 4.79 Å². The molecule has 0 spiro atoms. The molecule has 0 saturated carbocycles. The van der Waals surface area contributed by atoms with Crippen LogP contribution in [0.2, 0.25) is 0 Å². The van der Waals surface area contributed by atoms with E-state index in [1.807, 2.05) is 44.2 Å². The highest BCUT2D eigenvalue weighted by Gasteiger charge is 2.16. The van der Waals surface area contributed by atoms with E-state index in [1.165, 1.54) is 0 Å². The van der Waals surface area contributed by atoms with Gasteiger partial charge in [0.1, 0.15) is 0 Å². The number of nitrogens with two attached hydrogens (primary N) is 1. The Morgan fingerprint density at radius 1 is 1.35 bits per heavy atom. The first-order chi connectivity index (χ1) is 8.00. The number of carbonyl (C=O) groups excluding carboxylic acids is 1. The molecule has 1 amide bonds. The fraction of sp³-hybridized carbons (Fsp3) is 0.385. The molecule has 17 heavy (non-hydrogen) atoms. The Labute approximate surface area is 107 Å². The van der Waals surface area contributed by atoms with Crippen molar-refractivity contribution in [1.29, 1.82) is 0 Å².